The van der Waals surface area contributed by atoms with Crippen LogP contribution in [0.4, 0.5) is 0 Å². The van der Waals surface area contributed by atoms with Crippen LogP contribution in [0.25, 0.3) is 10.9 Å². The normalized spacial score (nSPS) is 10.4. The van der Waals surface area contributed by atoms with Crippen LogP contribution in [0.5, 0.6) is 5.88 Å². The van der Waals surface area contributed by atoms with Gasteiger partial charge in [-0.15, -0.1) is 0 Å². The fourth-order valence-electron chi connectivity index (χ4n) is 1.19. The first-order valence-corrected chi connectivity index (χ1v) is 4.03. The van der Waals surface area contributed by atoms with Crippen LogP contribution < -0.4 is 4.74 Å². The molecule has 1 aromatic heterocycles. The van der Waals surface area contributed by atoms with Crippen molar-refractivity contribution < 1.29 is 4.74 Å². The average Bonchev–Trinajstić information content (AvgIpc) is 2.47. The van der Waals surface area contributed by atoms with Crippen molar-refractivity contribution in [2.75, 3.05) is 6.61 Å². The van der Waals surface area contributed by atoms with Gasteiger partial charge in [0.1, 0.15) is 0 Å². The van der Waals surface area contributed by atoms with E-state index in [4.69, 9.17) is 4.74 Å². The zero-order valence-electron chi connectivity index (χ0n) is 6.92. The molecule has 2 rings (SSSR count). The number of aromatic amines is 1. The number of nitrogens with one attached hydrogen (secondary N) is 1. The molecule has 0 unspecified atom stereocenters. The van der Waals surface area contributed by atoms with Crippen molar-refractivity contribution in [2.45, 2.75) is 6.92 Å². The summed E-state index contributed by atoms with van der Waals surface area (Å²) in [5, 5.41) is 1.07. The van der Waals surface area contributed by atoms with Crippen molar-refractivity contribution in [1.29, 1.82) is 0 Å². The van der Waals surface area contributed by atoms with Crippen LogP contribution in [0.3, 0.4) is 0 Å². The second-order valence-electron chi connectivity index (χ2n) is 2.56. The summed E-state index contributed by atoms with van der Waals surface area (Å²) in [6.07, 6.45) is 0. The minimum absolute atomic E-state index is 0.670. The molecule has 0 aliphatic rings. The maximum absolute atomic E-state index is 5.28. The highest BCUT2D eigenvalue weighted by Crippen LogP contribution is 2.18. The van der Waals surface area contributed by atoms with Gasteiger partial charge in [-0.25, -0.2) is 0 Å². The number of hydrogen-bond acceptors (Lipinski definition) is 1. The molecule has 61 valence electrons. The van der Waals surface area contributed by atoms with E-state index in [2.05, 4.69) is 11.1 Å². The highest BCUT2D eigenvalue weighted by atomic mass is 16.5. The summed E-state index contributed by atoms with van der Waals surface area (Å²) in [5.74, 6) is 0.721. The molecule has 12 heavy (non-hydrogen) atoms. The van der Waals surface area contributed by atoms with Crippen LogP contribution in [-0.2, 0) is 0 Å². The van der Waals surface area contributed by atoms with Gasteiger partial charge in [0.15, 0.2) is 5.88 Å². The van der Waals surface area contributed by atoms with Gasteiger partial charge in [-0.2, -0.15) is 0 Å². The van der Waals surface area contributed by atoms with E-state index in [-0.39, 0.29) is 0 Å². The van der Waals surface area contributed by atoms with Crippen LogP contribution in [0, 0.1) is 6.07 Å². The second-order valence-corrected chi connectivity index (χ2v) is 2.56. The van der Waals surface area contributed by atoms with Crippen LogP contribution in [0.2, 0.25) is 0 Å². The predicted octanol–water partition coefficient (Wildman–Crippen LogP) is 2.37. The Labute approximate surface area is 71.2 Å². The number of para-hydroxylation sites is 1. The van der Waals surface area contributed by atoms with Crippen molar-refractivity contribution in [3.05, 3.63) is 30.3 Å². The summed E-state index contributed by atoms with van der Waals surface area (Å²) < 4.78 is 5.28. The Morgan fingerprint density at radius 2 is 2.25 bits per heavy atom. The Bertz CT molecular complexity index is 345. The number of aromatic nitrogens is 1. The largest absolute Gasteiger partial charge is 0.479 e. The molecule has 0 amide bonds. The Hall–Kier alpha value is -1.44. The van der Waals surface area contributed by atoms with Crippen LogP contribution in [0.1, 0.15) is 6.92 Å². The van der Waals surface area contributed by atoms with Crippen LogP contribution >= 0.6 is 0 Å². The zero-order chi connectivity index (χ0) is 8.39. The lowest BCUT2D eigenvalue weighted by Crippen LogP contribution is -1.90. The lowest BCUT2D eigenvalue weighted by atomic mass is 10.3. The van der Waals surface area contributed by atoms with Crippen LogP contribution in [0.15, 0.2) is 24.3 Å². The summed E-state index contributed by atoms with van der Waals surface area (Å²) >= 11 is 0. The molecule has 0 spiro atoms. The van der Waals surface area contributed by atoms with Gasteiger partial charge >= 0.3 is 0 Å². The van der Waals surface area contributed by atoms with Gasteiger partial charge < -0.3 is 9.72 Å². The summed E-state index contributed by atoms with van der Waals surface area (Å²) in [5.41, 5.74) is 1.07. The number of rotatable bonds is 2. The van der Waals surface area contributed by atoms with E-state index in [0.717, 1.165) is 16.8 Å². The van der Waals surface area contributed by atoms with Crippen molar-refractivity contribution >= 4 is 10.9 Å². The van der Waals surface area contributed by atoms with Crippen molar-refractivity contribution in [3.8, 4) is 5.88 Å². The summed E-state index contributed by atoms with van der Waals surface area (Å²) in [4.78, 5) is 3.12. The first-order chi connectivity index (χ1) is 5.90. The number of H-pyrrole nitrogens is 1. The standard InChI is InChI=1S/C10H10NO/c1-2-12-10-7-8-5-3-4-6-9(8)11-10/h3-6,11H,2H2,1H3. The fourth-order valence-corrected chi connectivity index (χ4v) is 1.19. The topological polar surface area (TPSA) is 25.0 Å². The van der Waals surface area contributed by atoms with Gasteiger partial charge in [-0.3, -0.25) is 0 Å². The van der Waals surface area contributed by atoms with Gasteiger partial charge in [0.25, 0.3) is 0 Å². The molecule has 0 aliphatic heterocycles. The second kappa shape index (κ2) is 2.89. The number of benzene rings is 1. The molecule has 2 aromatic rings. The van der Waals surface area contributed by atoms with Crippen LogP contribution in [-0.4, -0.2) is 11.6 Å². The van der Waals surface area contributed by atoms with Gasteiger partial charge in [-0.05, 0) is 13.0 Å². The molecule has 1 radical (unpaired) electrons. The summed E-state index contributed by atoms with van der Waals surface area (Å²) in [6.45, 7) is 2.63. The highest BCUT2D eigenvalue weighted by Gasteiger charge is 1.98. The minimum Gasteiger partial charge on any atom is -0.479 e. The Balaban J connectivity index is 2.47. The van der Waals surface area contributed by atoms with Gasteiger partial charge in [0.05, 0.1) is 12.7 Å². The number of fused-ring (bicyclic) bond motifs is 1. The fraction of sp³-hybridized carbons (Fsp3) is 0.200. The Morgan fingerprint density at radius 1 is 1.42 bits per heavy atom. The molecule has 0 atom stereocenters. The minimum atomic E-state index is 0.670. The molecule has 1 N–H and O–H groups in total. The molecule has 2 nitrogen and oxygen atoms in total. The third kappa shape index (κ3) is 1.16. The molecular formula is C10H10NO. The molecule has 2 heteroatoms. The van der Waals surface area contributed by atoms with E-state index in [0.29, 0.717) is 6.61 Å². The van der Waals surface area contributed by atoms with Gasteiger partial charge in [-0.1, -0.05) is 18.2 Å². The molecule has 0 saturated heterocycles. The molecule has 0 fully saturated rings. The monoisotopic (exact) mass is 160 g/mol. The van der Waals surface area contributed by atoms with E-state index in [1.807, 2.05) is 31.2 Å². The third-order valence-corrected chi connectivity index (χ3v) is 1.71. The zero-order valence-corrected chi connectivity index (χ0v) is 6.92. The molecule has 0 bridgehead atoms. The predicted molar refractivity (Wildman–Crippen MR) is 48.3 cm³/mol. The maximum atomic E-state index is 5.28. The molecular weight excluding hydrogens is 150 g/mol. The lowest BCUT2D eigenvalue weighted by Gasteiger charge is -1.94. The van der Waals surface area contributed by atoms with Gasteiger partial charge in [0, 0.05) is 10.9 Å². The first-order valence-electron chi connectivity index (χ1n) is 4.03. The highest BCUT2D eigenvalue weighted by molar-refractivity contribution is 5.80. The van der Waals surface area contributed by atoms with Crippen molar-refractivity contribution in [1.82, 2.24) is 4.98 Å². The van der Waals surface area contributed by atoms with Gasteiger partial charge in [0.2, 0.25) is 0 Å². The maximum Gasteiger partial charge on any atom is 0.200 e. The van der Waals surface area contributed by atoms with Crippen molar-refractivity contribution in [3.63, 3.8) is 0 Å². The van der Waals surface area contributed by atoms with Crippen molar-refractivity contribution in [2.24, 2.45) is 0 Å². The van der Waals surface area contributed by atoms with E-state index in [1.165, 1.54) is 0 Å². The Morgan fingerprint density at radius 3 is 3.00 bits per heavy atom. The van der Waals surface area contributed by atoms with E-state index in [9.17, 15) is 0 Å². The van der Waals surface area contributed by atoms with E-state index >= 15 is 0 Å². The molecule has 1 aromatic carbocycles. The summed E-state index contributed by atoms with van der Waals surface area (Å²) in [7, 11) is 0. The summed E-state index contributed by atoms with van der Waals surface area (Å²) in [6, 6.07) is 11.1. The smallest absolute Gasteiger partial charge is 0.200 e. The van der Waals surface area contributed by atoms with E-state index < -0.39 is 0 Å². The number of ether oxygens (including phenoxy) is 1. The van der Waals surface area contributed by atoms with E-state index in [1.54, 1.807) is 0 Å². The molecule has 1 heterocycles. The molecule has 0 saturated carbocycles. The average molecular weight is 160 g/mol. The first kappa shape index (κ1) is 7.22. The quantitative estimate of drug-likeness (QED) is 0.716. The SMILES string of the molecule is CCOc1[c]c2ccccc2[nH]1. The Kier molecular flexibility index (Phi) is 1.74. The number of hydrogen-bond donors (Lipinski definition) is 1. The third-order valence-electron chi connectivity index (χ3n) is 1.71. The molecule has 0 aliphatic carbocycles. The lowest BCUT2D eigenvalue weighted by molar-refractivity contribution is 0.329.